The molecule has 0 aliphatic rings. The Labute approximate surface area is 90.2 Å². The standard InChI is InChI=1S/C12H16N2O/c1-9(2)14-8-10-4-6-11(7-5-10)12(15)13-3/h4-7H,8H2,1-3H3,(H,13,15). The first-order valence-electron chi connectivity index (χ1n) is 4.92. The first-order valence-corrected chi connectivity index (χ1v) is 4.92. The molecule has 0 spiro atoms. The second-order valence-corrected chi connectivity index (χ2v) is 3.54. The fourth-order valence-corrected chi connectivity index (χ4v) is 1.16. The van der Waals surface area contributed by atoms with E-state index in [4.69, 9.17) is 0 Å². The number of hydrogen-bond donors (Lipinski definition) is 1. The minimum atomic E-state index is -0.0586. The van der Waals surface area contributed by atoms with Crippen molar-refractivity contribution in [1.82, 2.24) is 5.32 Å². The Kier molecular flexibility index (Phi) is 4.03. The van der Waals surface area contributed by atoms with E-state index in [0.29, 0.717) is 12.1 Å². The lowest BCUT2D eigenvalue weighted by Crippen LogP contribution is -2.17. The van der Waals surface area contributed by atoms with E-state index < -0.39 is 0 Å². The Morgan fingerprint density at radius 3 is 2.33 bits per heavy atom. The Morgan fingerprint density at radius 2 is 1.87 bits per heavy atom. The molecule has 0 bridgehead atoms. The normalized spacial score (nSPS) is 9.53. The van der Waals surface area contributed by atoms with Crippen molar-refractivity contribution in [2.45, 2.75) is 20.4 Å². The summed E-state index contributed by atoms with van der Waals surface area (Å²) in [6.07, 6.45) is 0. The molecule has 0 aliphatic heterocycles. The monoisotopic (exact) mass is 204 g/mol. The molecule has 0 radical (unpaired) electrons. The van der Waals surface area contributed by atoms with Crippen molar-refractivity contribution in [3.05, 3.63) is 35.4 Å². The number of carbonyl (C=O) groups is 1. The van der Waals surface area contributed by atoms with Gasteiger partial charge in [-0.25, -0.2) is 0 Å². The predicted octanol–water partition coefficient (Wildman–Crippen LogP) is 2.03. The van der Waals surface area contributed by atoms with Gasteiger partial charge in [0, 0.05) is 18.3 Å². The molecule has 1 amide bonds. The highest BCUT2D eigenvalue weighted by Crippen LogP contribution is 2.05. The molecule has 0 saturated carbocycles. The van der Waals surface area contributed by atoms with Crippen molar-refractivity contribution in [1.29, 1.82) is 0 Å². The van der Waals surface area contributed by atoms with Gasteiger partial charge in [0.1, 0.15) is 0 Å². The molecule has 0 fully saturated rings. The zero-order chi connectivity index (χ0) is 11.3. The summed E-state index contributed by atoms with van der Waals surface area (Å²) < 4.78 is 0. The maximum atomic E-state index is 11.3. The zero-order valence-corrected chi connectivity index (χ0v) is 9.37. The van der Waals surface area contributed by atoms with Crippen LogP contribution in [-0.4, -0.2) is 18.7 Å². The van der Waals surface area contributed by atoms with Crippen LogP contribution in [-0.2, 0) is 6.54 Å². The van der Waals surface area contributed by atoms with Gasteiger partial charge in [-0.1, -0.05) is 12.1 Å². The molecule has 0 heterocycles. The van der Waals surface area contributed by atoms with Crippen LogP contribution in [0.5, 0.6) is 0 Å². The van der Waals surface area contributed by atoms with Crippen LogP contribution in [0.1, 0.15) is 29.8 Å². The minimum Gasteiger partial charge on any atom is -0.355 e. The molecular weight excluding hydrogens is 188 g/mol. The summed E-state index contributed by atoms with van der Waals surface area (Å²) in [7, 11) is 1.63. The van der Waals surface area contributed by atoms with Crippen LogP contribution < -0.4 is 5.32 Å². The van der Waals surface area contributed by atoms with Crippen LogP contribution in [0.15, 0.2) is 29.3 Å². The van der Waals surface area contributed by atoms with Crippen molar-refractivity contribution in [2.75, 3.05) is 7.05 Å². The number of hydrogen-bond acceptors (Lipinski definition) is 2. The van der Waals surface area contributed by atoms with Gasteiger partial charge in [-0.2, -0.15) is 0 Å². The third-order valence-corrected chi connectivity index (χ3v) is 2.02. The van der Waals surface area contributed by atoms with Crippen molar-refractivity contribution in [3.8, 4) is 0 Å². The van der Waals surface area contributed by atoms with Gasteiger partial charge >= 0.3 is 0 Å². The van der Waals surface area contributed by atoms with Gasteiger partial charge in [0.25, 0.3) is 5.91 Å². The van der Waals surface area contributed by atoms with E-state index in [1.165, 1.54) is 0 Å². The van der Waals surface area contributed by atoms with E-state index in [9.17, 15) is 4.79 Å². The van der Waals surface area contributed by atoms with Crippen LogP contribution >= 0.6 is 0 Å². The molecule has 80 valence electrons. The number of benzene rings is 1. The molecule has 15 heavy (non-hydrogen) atoms. The molecule has 1 aromatic rings. The molecule has 1 rings (SSSR count). The van der Waals surface area contributed by atoms with Crippen molar-refractivity contribution in [2.24, 2.45) is 4.99 Å². The smallest absolute Gasteiger partial charge is 0.251 e. The maximum absolute atomic E-state index is 11.3. The quantitative estimate of drug-likeness (QED) is 0.752. The highest BCUT2D eigenvalue weighted by Gasteiger charge is 2.01. The highest BCUT2D eigenvalue weighted by atomic mass is 16.1. The van der Waals surface area contributed by atoms with E-state index >= 15 is 0 Å². The van der Waals surface area contributed by atoms with E-state index in [2.05, 4.69) is 10.3 Å². The van der Waals surface area contributed by atoms with Crippen LogP contribution in [0.3, 0.4) is 0 Å². The fraction of sp³-hybridized carbons (Fsp3) is 0.333. The predicted molar refractivity (Wildman–Crippen MR) is 62.3 cm³/mol. The van der Waals surface area contributed by atoms with Gasteiger partial charge in [-0.15, -0.1) is 0 Å². The van der Waals surface area contributed by atoms with Crippen LogP contribution in [0.2, 0.25) is 0 Å². The lowest BCUT2D eigenvalue weighted by Gasteiger charge is -2.01. The molecule has 0 aromatic heterocycles. The lowest BCUT2D eigenvalue weighted by atomic mass is 10.1. The Morgan fingerprint density at radius 1 is 1.27 bits per heavy atom. The van der Waals surface area contributed by atoms with Gasteiger partial charge < -0.3 is 5.32 Å². The molecule has 0 aliphatic carbocycles. The van der Waals surface area contributed by atoms with Gasteiger partial charge in [0.05, 0.1) is 6.54 Å². The summed E-state index contributed by atoms with van der Waals surface area (Å²) in [6, 6.07) is 7.48. The van der Waals surface area contributed by atoms with Crippen molar-refractivity contribution in [3.63, 3.8) is 0 Å². The maximum Gasteiger partial charge on any atom is 0.251 e. The Bertz CT molecular complexity index is 362. The van der Waals surface area contributed by atoms with Crippen LogP contribution in [0.4, 0.5) is 0 Å². The molecule has 0 unspecified atom stereocenters. The minimum absolute atomic E-state index is 0.0586. The zero-order valence-electron chi connectivity index (χ0n) is 9.37. The van der Waals surface area contributed by atoms with Gasteiger partial charge in [0.2, 0.25) is 0 Å². The van der Waals surface area contributed by atoms with Gasteiger partial charge in [-0.3, -0.25) is 9.79 Å². The largest absolute Gasteiger partial charge is 0.355 e. The average Bonchev–Trinajstić information content (AvgIpc) is 2.26. The summed E-state index contributed by atoms with van der Waals surface area (Å²) in [5.74, 6) is -0.0586. The first kappa shape index (κ1) is 11.4. The molecule has 0 atom stereocenters. The first-order chi connectivity index (χ1) is 7.13. The molecule has 1 N–H and O–H groups in total. The third kappa shape index (κ3) is 3.54. The van der Waals surface area contributed by atoms with Gasteiger partial charge in [0.15, 0.2) is 0 Å². The average molecular weight is 204 g/mol. The number of nitrogens with zero attached hydrogens (tertiary/aromatic N) is 1. The van der Waals surface area contributed by atoms with Gasteiger partial charge in [-0.05, 0) is 31.5 Å². The van der Waals surface area contributed by atoms with E-state index in [-0.39, 0.29) is 5.91 Å². The summed E-state index contributed by atoms with van der Waals surface area (Å²) >= 11 is 0. The van der Waals surface area contributed by atoms with E-state index in [1.54, 1.807) is 7.05 Å². The van der Waals surface area contributed by atoms with Crippen LogP contribution in [0, 0.1) is 0 Å². The molecule has 1 aromatic carbocycles. The SMILES string of the molecule is CNC(=O)c1ccc(CN=C(C)C)cc1. The third-order valence-electron chi connectivity index (χ3n) is 2.02. The fourth-order valence-electron chi connectivity index (χ4n) is 1.16. The molecule has 3 heteroatoms. The number of carbonyl (C=O) groups excluding carboxylic acids is 1. The second kappa shape index (κ2) is 5.29. The summed E-state index contributed by atoms with van der Waals surface area (Å²) in [6.45, 7) is 4.62. The second-order valence-electron chi connectivity index (χ2n) is 3.54. The number of amides is 1. The number of nitrogens with one attached hydrogen (secondary N) is 1. The summed E-state index contributed by atoms with van der Waals surface area (Å²) in [5.41, 5.74) is 2.85. The van der Waals surface area contributed by atoms with Crippen molar-refractivity contribution < 1.29 is 4.79 Å². The molecular formula is C12H16N2O. The molecule has 3 nitrogen and oxygen atoms in total. The van der Waals surface area contributed by atoms with E-state index in [0.717, 1.165) is 11.3 Å². The summed E-state index contributed by atoms with van der Waals surface area (Å²) in [5, 5.41) is 2.58. The lowest BCUT2D eigenvalue weighted by molar-refractivity contribution is 0.0963. The van der Waals surface area contributed by atoms with Crippen LogP contribution in [0.25, 0.3) is 0 Å². The topological polar surface area (TPSA) is 41.5 Å². The van der Waals surface area contributed by atoms with Crippen molar-refractivity contribution >= 4 is 11.6 Å². The number of aliphatic imine (C=N–C) groups is 1. The highest BCUT2D eigenvalue weighted by molar-refractivity contribution is 5.93. The Balaban J connectivity index is 2.72. The number of rotatable bonds is 3. The molecule has 0 saturated heterocycles. The Hall–Kier alpha value is -1.64. The van der Waals surface area contributed by atoms with E-state index in [1.807, 2.05) is 38.1 Å². The summed E-state index contributed by atoms with van der Waals surface area (Å²) in [4.78, 5) is 15.6.